The standard InChI is InChI=1S/C16H16FN3O2S2/c1-12-11-13(4-5-14(12)17)24(21,22)18-7-9-20-8-6-15(19-20)16-3-2-10-23-16/h2-6,8,10-11,18H,7,9H2,1H3. The smallest absolute Gasteiger partial charge is 0.240 e. The minimum Gasteiger partial charge on any atom is -0.271 e. The second-order valence-electron chi connectivity index (χ2n) is 5.25. The molecule has 0 saturated heterocycles. The van der Waals surface area contributed by atoms with Crippen molar-refractivity contribution < 1.29 is 12.8 Å². The molecule has 2 aromatic heterocycles. The molecule has 0 bridgehead atoms. The Morgan fingerprint density at radius 2 is 2.12 bits per heavy atom. The summed E-state index contributed by atoms with van der Waals surface area (Å²) in [6, 6.07) is 9.57. The van der Waals surface area contributed by atoms with Gasteiger partial charge in [0, 0.05) is 12.7 Å². The number of nitrogens with zero attached hydrogens (tertiary/aromatic N) is 2. The molecule has 1 N–H and O–H groups in total. The summed E-state index contributed by atoms with van der Waals surface area (Å²) in [4.78, 5) is 1.12. The number of aryl methyl sites for hydroxylation is 1. The van der Waals surface area contributed by atoms with Crippen molar-refractivity contribution >= 4 is 21.4 Å². The van der Waals surface area contributed by atoms with E-state index in [-0.39, 0.29) is 11.4 Å². The summed E-state index contributed by atoms with van der Waals surface area (Å²) in [5.74, 6) is -0.424. The lowest BCUT2D eigenvalue weighted by molar-refractivity contribution is 0.560. The fourth-order valence-electron chi connectivity index (χ4n) is 2.20. The van der Waals surface area contributed by atoms with E-state index in [4.69, 9.17) is 0 Å². The van der Waals surface area contributed by atoms with E-state index in [0.29, 0.717) is 12.1 Å². The lowest BCUT2D eigenvalue weighted by Crippen LogP contribution is -2.27. The average molecular weight is 365 g/mol. The summed E-state index contributed by atoms with van der Waals surface area (Å²) >= 11 is 1.60. The van der Waals surface area contributed by atoms with E-state index in [2.05, 4.69) is 9.82 Å². The van der Waals surface area contributed by atoms with E-state index in [1.807, 2.05) is 29.8 Å². The third-order valence-electron chi connectivity index (χ3n) is 3.49. The van der Waals surface area contributed by atoms with Gasteiger partial charge < -0.3 is 0 Å². The van der Waals surface area contributed by atoms with Crippen molar-refractivity contribution in [2.45, 2.75) is 18.4 Å². The van der Waals surface area contributed by atoms with Crippen LogP contribution in [-0.4, -0.2) is 24.7 Å². The largest absolute Gasteiger partial charge is 0.271 e. The summed E-state index contributed by atoms with van der Waals surface area (Å²) in [7, 11) is -3.66. The highest BCUT2D eigenvalue weighted by molar-refractivity contribution is 7.89. The zero-order valence-electron chi connectivity index (χ0n) is 12.9. The first-order chi connectivity index (χ1) is 11.5. The molecule has 0 radical (unpaired) electrons. The lowest BCUT2D eigenvalue weighted by atomic mass is 10.2. The second kappa shape index (κ2) is 6.84. The first kappa shape index (κ1) is 16.8. The van der Waals surface area contributed by atoms with Crippen molar-refractivity contribution in [3.8, 4) is 10.6 Å². The molecule has 8 heteroatoms. The Morgan fingerprint density at radius 3 is 2.83 bits per heavy atom. The third-order valence-corrected chi connectivity index (χ3v) is 5.84. The normalized spacial score (nSPS) is 11.8. The zero-order chi connectivity index (χ0) is 17.2. The maximum Gasteiger partial charge on any atom is 0.240 e. The molecular weight excluding hydrogens is 349 g/mol. The number of benzene rings is 1. The Bertz CT molecular complexity index is 934. The van der Waals surface area contributed by atoms with Gasteiger partial charge in [-0.2, -0.15) is 5.10 Å². The number of aromatic nitrogens is 2. The molecule has 0 amide bonds. The number of rotatable bonds is 6. The van der Waals surface area contributed by atoms with Crippen molar-refractivity contribution in [3.63, 3.8) is 0 Å². The number of hydrogen-bond acceptors (Lipinski definition) is 4. The Kier molecular flexibility index (Phi) is 4.79. The minimum absolute atomic E-state index is 0.0566. The molecule has 0 aliphatic carbocycles. The molecule has 0 atom stereocenters. The summed E-state index contributed by atoms with van der Waals surface area (Å²) in [5.41, 5.74) is 1.16. The molecular formula is C16H16FN3O2S2. The van der Waals surface area contributed by atoms with Crippen LogP contribution in [0, 0.1) is 12.7 Å². The van der Waals surface area contributed by atoms with E-state index in [1.165, 1.54) is 19.1 Å². The SMILES string of the molecule is Cc1cc(S(=O)(=O)NCCn2ccc(-c3cccs3)n2)ccc1F. The Labute approximate surface area is 143 Å². The predicted molar refractivity (Wildman–Crippen MR) is 91.9 cm³/mol. The van der Waals surface area contributed by atoms with Crippen LogP contribution in [-0.2, 0) is 16.6 Å². The highest BCUT2D eigenvalue weighted by Crippen LogP contribution is 2.22. The van der Waals surface area contributed by atoms with Gasteiger partial charge in [0.1, 0.15) is 11.5 Å². The van der Waals surface area contributed by atoms with Gasteiger partial charge in [-0.15, -0.1) is 11.3 Å². The molecule has 3 rings (SSSR count). The topological polar surface area (TPSA) is 64.0 Å². The Hall–Kier alpha value is -2.03. The highest BCUT2D eigenvalue weighted by atomic mass is 32.2. The van der Waals surface area contributed by atoms with E-state index in [9.17, 15) is 12.8 Å². The molecule has 0 fully saturated rings. The van der Waals surface area contributed by atoms with Crippen LogP contribution in [0.2, 0.25) is 0 Å². The Balaban J connectivity index is 1.62. The quantitative estimate of drug-likeness (QED) is 0.730. The minimum atomic E-state index is -3.66. The van der Waals surface area contributed by atoms with Crippen molar-refractivity contribution in [2.24, 2.45) is 0 Å². The highest BCUT2D eigenvalue weighted by Gasteiger charge is 2.14. The van der Waals surface area contributed by atoms with Gasteiger partial charge in [0.2, 0.25) is 10.0 Å². The number of nitrogens with one attached hydrogen (secondary N) is 1. The number of sulfonamides is 1. The van der Waals surface area contributed by atoms with Crippen molar-refractivity contribution in [1.82, 2.24) is 14.5 Å². The lowest BCUT2D eigenvalue weighted by Gasteiger charge is -2.08. The monoisotopic (exact) mass is 365 g/mol. The van der Waals surface area contributed by atoms with Gasteiger partial charge >= 0.3 is 0 Å². The van der Waals surface area contributed by atoms with E-state index >= 15 is 0 Å². The van der Waals surface area contributed by atoms with Crippen LogP contribution in [0.5, 0.6) is 0 Å². The number of thiophene rings is 1. The number of hydrogen-bond donors (Lipinski definition) is 1. The van der Waals surface area contributed by atoms with Crippen LogP contribution >= 0.6 is 11.3 Å². The maximum absolute atomic E-state index is 13.3. The molecule has 5 nitrogen and oxygen atoms in total. The van der Waals surface area contributed by atoms with E-state index in [0.717, 1.165) is 16.6 Å². The van der Waals surface area contributed by atoms with Crippen LogP contribution in [0.4, 0.5) is 4.39 Å². The summed E-state index contributed by atoms with van der Waals surface area (Å²) in [5, 5.41) is 6.39. The van der Waals surface area contributed by atoms with Crippen molar-refractivity contribution in [1.29, 1.82) is 0 Å². The second-order valence-corrected chi connectivity index (χ2v) is 7.96. The van der Waals surface area contributed by atoms with Gasteiger partial charge in [-0.1, -0.05) is 6.07 Å². The van der Waals surface area contributed by atoms with E-state index in [1.54, 1.807) is 16.0 Å². The number of halogens is 1. The van der Waals surface area contributed by atoms with Gasteiger partial charge in [-0.25, -0.2) is 17.5 Å². The summed E-state index contributed by atoms with van der Waals surface area (Å²) in [6.07, 6.45) is 1.81. The van der Waals surface area contributed by atoms with Gasteiger partial charge in [0.25, 0.3) is 0 Å². The predicted octanol–water partition coefficient (Wildman–Crippen LogP) is 3.04. The van der Waals surface area contributed by atoms with Crippen LogP contribution in [0.1, 0.15) is 5.56 Å². The molecule has 0 spiro atoms. The molecule has 24 heavy (non-hydrogen) atoms. The third kappa shape index (κ3) is 3.72. The first-order valence-electron chi connectivity index (χ1n) is 7.29. The van der Waals surface area contributed by atoms with Gasteiger partial charge in [0.05, 0.1) is 16.3 Å². The Morgan fingerprint density at radius 1 is 1.29 bits per heavy atom. The zero-order valence-corrected chi connectivity index (χ0v) is 14.6. The maximum atomic E-state index is 13.3. The molecule has 0 unspecified atom stereocenters. The fourth-order valence-corrected chi connectivity index (χ4v) is 4.00. The summed E-state index contributed by atoms with van der Waals surface area (Å²) in [6.45, 7) is 2.14. The van der Waals surface area contributed by atoms with Crippen LogP contribution < -0.4 is 4.72 Å². The van der Waals surface area contributed by atoms with Crippen molar-refractivity contribution in [3.05, 3.63) is 59.4 Å². The first-order valence-corrected chi connectivity index (χ1v) is 9.65. The molecule has 0 aliphatic rings. The summed E-state index contributed by atoms with van der Waals surface area (Å²) < 4.78 is 41.9. The van der Waals surface area contributed by atoms with E-state index < -0.39 is 15.8 Å². The van der Waals surface area contributed by atoms with Gasteiger partial charge in [-0.05, 0) is 48.2 Å². The van der Waals surface area contributed by atoms with Gasteiger partial charge in [-0.3, -0.25) is 4.68 Å². The van der Waals surface area contributed by atoms with Crippen LogP contribution in [0.15, 0.2) is 52.9 Å². The molecule has 1 aromatic carbocycles. The van der Waals surface area contributed by atoms with Gasteiger partial charge in [0.15, 0.2) is 0 Å². The molecule has 3 aromatic rings. The molecule has 0 aliphatic heterocycles. The van der Waals surface area contributed by atoms with Crippen LogP contribution in [0.25, 0.3) is 10.6 Å². The average Bonchev–Trinajstić information content (AvgIpc) is 3.20. The fraction of sp³-hybridized carbons (Fsp3) is 0.188. The molecule has 2 heterocycles. The molecule has 0 saturated carbocycles. The van der Waals surface area contributed by atoms with Crippen molar-refractivity contribution in [2.75, 3.05) is 6.54 Å². The molecule has 126 valence electrons. The van der Waals surface area contributed by atoms with Crippen LogP contribution in [0.3, 0.4) is 0 Å².